The normalized spacial score (nSPS) is 11.6. The Labute approximate surface area is 316 Å². The van der Waals surface area contributed by atoms with Gasteiger partial charge in [-0.05, 0) is 82.6 Å². The molecule has 0 unspecified atom stereocenters. The van der Waals surface area contributed by atoms with Crippen LogP contribution in [0.4, 0.5) is 17.1 Å². The number of aromatic nitrogens is 2. The highest BCUT2D eigenvalue weighted by molar-refractivity contribution is 6.15. The van der Waals surface area contributed by atoms with Crippen LogP contribution in [0.3, 0.4) is 0 Å². The van der Waals surface area contributed by atoms with E-state index < -0.39 is 0 Å². The van der Waals surface area contributed by atoms with E-state index in [1.807, 2.05) is 48.5 Å². The molecule has 0 bridgehead atoms. The van der Waals surface area contributed by atoms with E-state index in [1.54, 1.807) is 0 Å². The molecule has 0 amide bonds. The molecular formula is C50H31N3O2. The lowest BCUT2D eigenvalue weighted by Crippen LogP contribution is -2.10. The van der Waals surface area contributed by atoms with Gasteiger partial charge in [-0.3, -0.25) is 0 Å². The van der Waals surface area contributed by atoms with Crippen molar-refractivity contribution in [2.45, 2.75) is 0 Å². The smallest absolute Gasteiger partial charge is 0.180 e. The molecule has 0 spiro atoms. The van der Waals surface area contributed by atoms with Gasteiger partial charge in [-0.25, -0.2) is 9.97 Å². The topological polar surface area (TPSA) is 55.3 Å². The Bertz CT molecular complexity index is 3190. The standard InChI is InChI=1S/C50H31N3O2/c1-4-14-32(15-5-1)33-24-26-38(27-25-33)53(37-20-8-3-9-21-37)39-30-42-41-28-35-18-10-11-19-36(35)29-45(41)55-48(42)43(31-39)50-51-46(34-16-6-2-7-17-34)49-47(52-50)40-22-12-13-23-44(40)54-49/h1-31H. The molecule has 8 aromatic carbocycles. The van der Waals surface area contributed by atoms with Crippen LogP contribution in [0.25, 0.3) is 88.6 Å². The molecule has 0 saturated heterocycles. The molecule has 0 saturated carbocycles. The van der Waals surface area contributed by atoms with Crippen LogP contribution in [0.15, 0.2) is 197 Å². The molecule has 0 atom stereocenters. The average molecular weight is 706 g/mol. The summed E-state index contributed by atoms with van der Waals surface area (Å²) in [5.74, 6) is 0.556. The van der Waals surface area contributed by atoms with E-state index in [4.69, 9.17) is 18.8 Å². The van der Waals surface area contributed by atoms with Crippen LogP contribution in [0, 0.1) is 0 Å². The molecule has 258 valence electrons. The maximum Gasteiger partial charge on any atom is 0.180 e. The molecule has 0 radical (unpaired) electrons. The average Bonchev–Trinajstić information content (AvgIpc) is 3.81. The Kier molecular flexibility index (Phi) is 7.10. The third-order valence-electron chi connectivity index (χ3n) is 10.4. The summed E-state index contributed by atoms with van der Waals surface area (Å²) in [4.78, 5) is 12.9. The van der Waals surface area contributed by atoms with Crippen LogP contribution in [0.1, 0.15) is 0 Å². The molecule has 55 heavy (non-hydrogen) atoms. The highest BCUT2D eigenvalue weighted by Gasteiger charge is 2.24. The van der Waals surface area contributed by atoms with Crippen molar-refractivity contribution in [2.75, 3.05) is 4.90 Å². The minimum atomic E-state index is 0.556. The lowest BCUT2D eigenvalue weighted by Gasteiger charge is -2.26. The molecule has 3 heterocycles. The molecule has 0 N–H and O–H groups in total. The predicted molar refractivity (Wildman–Crippen MR) is 225 cm³/mol. The lowest BCUT2D eigenvalue weighted by molar-refractivity contribution is 0.666. The number of hydrogen-bond donors (Lipinski definition) is 0. The minimum absolute atomic E-state index is 0.556. The number of benzene rings is 8. The zero-order valence-corrected chi connectivity index (χ0v) is 29.6. The zero-order chi connectivity index (χ0) is 36.3. The van der Waals surface area contributed by atoms with Crippen molar-refractivity contribution in [3.63, 3.8) is 0 Å². The van der Waals surface area contributed by atoms with Crippen LogP contribution in [0.2, 0.25) is 0 Å². The number of furan rings is 2. The summed E-state index contributed by atoms with van der Waals surface area (Å²) in [6.07, 6.45) is 0. The van der Waals surface area contributed by atoms with Gasteiger partial charge >= 0.3 is 0 Å². The summed E-state index contributed by atoms with van der Waals surface area (Å²) >= 11 is 0. The largest absolute Gasteiger partial charge is 0.455 e. The van der Waals surface area contributed by atoms with Crippen molar-refractivity contribution in [1.82, 2.24) is 9.97 Å². The molecule has 0 fully saturated rings. The lowest BCUT2D eigenvalue weighted by atomic mass is 10.0. The van der Waals surface area contributed by atoms with Gasteiger partial charge in [-0.1, -0.05) is 127 Å². The van der Waals surface area contributed by atoms with Crippen molar-refractivity contribution in [3.8, 4) is 33.8 Å². The molecule has 0 aliphatic heterocycles. The first-order valence-electron chi connectivity index (χ1n) is 18.4. The quantitative estimate of drug-likeness (QED) is 0.172. The Morgan fingerprint density at radius 1 is 0.382 bits per heavy atom. The first-order chi connectivity index (χ1) is 27.2. The van der Waals surface area contributed by atoms with Gasteiger partial charge in [0, 0.05) is 38.8 Å². The minimum Gasteiger partial charge on any atom is -0.455 e. The van der Waals surface area contributed by atoms with Crippen molar-refractivity contribution in [1.29, 1.82) is 0 Å². The Morgan fingerprint density at radius 3 is 1.75 bits per heavy atom. The van der Waals surface area contributed by atoms with Gasteiger partial charge in [0.05, 0.1) is 5.56 Å². The van der Waals surface area contributed by atoms with Gasteiger partial charge in [-0.2, -0.15) is 0 Å². The molecule has 5 nitrogen and oxygen atoms in total. The van der Waals surface area contributed by atoms with Crippen LogP contribution < -0.4 is 4.90 Å². The maximum absolute atomic E-state index is 6.86. The summed E-state index contributed by atoms with van der Waals surface area (Å²) in [6, 6.07) is 65.1. The second kappa shape index (κ2) is 12.6. The highest BCUT2D eigenvalue weighted by Crippen LogP contribution is 2.45. The van der Waals surface area contributed by atoms with Crippen molar-refractivity contribution in [3.05, 3.63) is 188 Å². The molecular weight excluding hydrogens is 675 g/mol. The number of nitrogens with zero attached hydrogens (tertiary/aromatic N) is 3. The van der Waals surface area contributed by atoms with E-state index in [-0.39, 0.29) is 0 Å². The van der Waals surface area contributed by atoms with E-state index in [2.05, 4.69) is 144 Å². The van der Waals surface area contributed by atoms with E-state index in [0.29, 0.717) is 11.4 Å². The number of hydrogen-bond acceptors (Lipinski definition) is 5. The highest BCUT2D eigenvalue weighted by atomic mass is 16.3. The fourth-order valence-electron chi connectivity index (χ4n) is 7.80. The first kappa shape index (κ1) is 31.1. The Morgan fingerprint density at radius 2 is 0.982 bits per heavy atom. The fraction of sp³-hybridized carbons (Fsp3) is 0. The third-order valence-corrected chi connectivity index (χ3v) is 10.4. The van der Waals surface area contributed by atoms with E-state index in [9.17, 15) is 0 Å². The fourth-order valence-corrected chi connectivity index (χ4v) is 7.80. The van der Waals surface area contributed by atoms with Crippen molar-refractivity contribution < 1.29 is 8.83 Å². The summed E-state index contributed by atoms with van der Waals surface area (Å²) in [5, 5.41) is 5.22. The molecule has 11 rings (SSSR count). The number of para-hydroxylation sites is 2. The number of fused-ring (bicyclic) bond motifs is 7. The zero-order valence-electron chi connectivity index (χ0n) is 29.6. The summed E-state index contributed by atoms with van der Waals surface area (Å²) < 4.78 is 13.3. The van der Waals surface area contributed by atoms with Crippen LogP contribution in [-0.4, -0.2) is 9.97 Å². The monoisotopic (exact) mass is 705 g/mol. The summed E-state index contributed by atoms with van der Waals surface area (Å²) in [6.45, 7) is 0. The van der Waals surface area contributed by atoms with Gasteiger partial charge in [0.25, 0.3) is 0 Å². The third kappa shape index (κ3) is 5.24. The van der Waals surface area contributed by atoms with Crippen LogP contribution in [0.5, 0.6) is 0 Å². The Hall–Kier alpha value is -7.50. The second-order valence-electron chi connectivity index (χ2n) is 13.8. The van der Waals surface area contributed by atoms with E-state index in [1.165, 1.54) is 5.56 Å². The van der Waals surface area contributed by atoms with Gasteiger partial charge < -0.3 is 13.7 Å². The predicted octanol–water partition coefficient (Wildman–Crippen LogP) is 13.9. The van der Waals surface area contributed by atoms with E-state index >= 15 is 0 Å². The number of anilines is 3. The number of rotatable bonds is 6. The van der Waals surface area contributed by atoms with Gasteiger partial charge in [-0.15, -0.1) is 0 Å². The summed E-state index contributed by atoms with van der Waals surface area (Å²) in [5.41, 5.74) is 11.5. The van der Waals surface area contributed by atoms with Crippen molar-refractivity contribution in [2.24, 2.45) is 0 Å². The summed E-state index contributed by atoms with van der Waals surface area (Å²) in [7, 11) is 0. The molecule has 3 aromatic heterocycles. The molecule has 11 aromatic rings. The molecule has 0 aliphatic carbocycles. The first-order valence-corrected chi connectivity index (χ1v) is 18.4. The molecule has 5 heteroatoms. The Balaban J connectivity index is 1.21. The van der Waals surface area contributed by atoms with Crippen molar-refractivity contribution >= 4 is 71.8 Å². The van der Waals surface area contributed by atoms with Crippen LogP contribution >= 0.6 is 0 Å². The van der Waals surface area contributed by atoms with Gasteiger partial charge in [0.2, 0.25) is 0 Å². The SMILES string of the molecule is c1ccc(-c2ccc(N(c3ccccc3)c3cc(-c4nc(-c5ccccc5)c5oc6ccccc6c5n4)c4oc5cc6ccccc6cc5c4c3)cc2)cc1. The maximum atomic E-state index is 6.86. The van der Waals surface area contributed by atoms with Crippen LogP contribution in [-0.2, 0) is 0 Å². The van der Waals surface area contributed by atoms with E-state index in [0.717, 1.165) is 88.6 Å². The second-order valence-corrected chi connectivity index (χ2v) is 13.8. The van der Waals surface area contributed by atoms with Gasteiger partial charge in [0.15, 0.2) is 11.4 Å². The molecule has 0 aliphatic rings. The van der Waals surface area contributed by atoms with Gasteiger partial charge in [0.1, 0.15) is 28.0 Å².